The SMILES string of the molecule is CC(C)(C)OC(=O)N1CCC[C@@H]1/C=C/c1cccc(F)c1.CC(C)(C)OC(=O)N1CCC[C@@H]1C=O.CC(C)(C)OC(=O)N1CCC[C@@H]1[C@@H]1O[C@H]1c1cccc(F)c1.CC(C)(C)OC(=O)N1CCC[C@@H]1[C@H]1O[C@@H]1c1cccc(F)c1.CCOP(=O)(Cc1cccc(F)c1)OCC.CSC.C[C@H]([C@H](C)c1cccc(F)c1)[C@H]1CCCN1C(=O)OC(C)(C)C.C[C@H](c1cccc(F)c1)[C@@H](O)[C@H]1CCCN1C(=O)OC(C)(C)C.Cl.[Cl-].[Cu][Br].[H-].[Mg+2]. The summed E-state index contributed by atoms with van der Waals surface area (Å²) in [5.41, 5.74) is 1.75. The van der Waals surface area contributed by atoms with E-state index in [0.717, 1.165) is 118 Å². The van der Waals surface area contributed by atoms with Crippen LogP contribution in [0.1, 0.15) is 295 Å². The number of benzene rings is 6. The molecule has 8 heterocycles. The molecule has 0 aliphatic carbocycles. The summed E-state index contributed by atoms with van der Waals surface area (Å²) in [5.74, 6) is -1.51. The third-order valence-corrected chi connectivity index (χ3v) is 26.3. The van der Waals surface area contributed by atoms with Gasteiger partial charge in [0.1, 0.15) is 99.2 Å². The molecule has 0 saturated carbocycles. The molecule has 149 heavy (non-hydrogen) atoms. The van der Waals surface area contributed by atoms with Crippen LogP contribution < -0.4 is 12.4 Å². The number of amides is 6. The molecule has 0 unspecified atom stereocenters. The second-order valence-electron chi connectivity index (χ2n) is 43.2. The van der Waals surface area contributed by atoms with Crippen LogP contribution in [0.25, 0.3) is 6.08 Å². The molecule has 6 aromatic rings. The van der Waals surface area contributed by atoms with Crippen molar-refractivity contribution in [3.63, 3.8) is 0 Å². The smallest absolute Gasteiger partial charge is 1.00 e. The summed E-state index contributed by atoms with van der Waals surface area (Å²) in [4.78, 5) is 93.9. The summed E-state index contributed by atoms with van der Waals surface area (Å²) in [6.45, 7) is 47.5. The first kappa shape index (κ1) is 136. The fourth-order valence-electron chi connectivity index (χ4n) is 17.7. The van der Waals surface area contributed by atoms with Gasteiger partial charge in [-0.1, -0.05) is 106 Å². The molecule has 6 amide bonds. The van der Waals surface area contributed by atoms with Crippen LogP contribution in [0.15, 0.2) is 152 Å². The normalized spacial score (nSPS) is 21.0. The summed E-state index contributed by atoms with van der Waals surface area (Å²) in [5, 5.41) is 10.7. The molecule has 8 aliphatic rings. The summed E-state index contributed by atoms with van der Waals surface area (Å²) < 4.78 is 146. The van der Waals surface area contributed by atoms with Crippen molar-refractivity contribution in [1.82, 2.24) is 29.4 Å². The second-order valence-corrected chi connectivity index (χ2v) is 46.1. The quantitative estimate of drug-likeness (QED) is 0.0197. The Kier molecular flexibility index (Phi) is 58.0. The average molecular weight is 2300 g/mol. The van der Waals surface area contributed by atoms with E-state index in [-0.39, 0.29) is 199 Å². The number of aliphatic hydroxyl groups excluding tert-OH is 1. The summed E-state index contributed by atoms with van der Waals surface area (Å²) >= 11 is 8.25. The van der Waals surface area contributed by atoms with E-state index in [4.69, 9.17) is 46.9 Å². The summed E-state index contributed by atoms with van der Waals surface area (Å²) in [7, 11) is -3.13. The van der Waals surface area contributed by atoms with Gasteiger partial charge in [0.2, 0.25) is 0 Å². The number of thioether (sulfide) groups is 1. The molecule has 8 fully saturated rings. The van der Waals surface area contributed by atoms with E-state index >= 15 is 0 Å². The zero-order valence-electron chi connectivity index (χ0n) is 92.3. The Bertz CT molecular complexity index is 5000. The number of carbonyl (C=O) groups excluding carboxylic acids is 7. The van der Waals surface area contributed by atoms with Gasteiger partial charge >= 0.3 is 95.5 Å². The van der Waals surface area contributed by atoms with Crippen molar-refractivity contribution >= 4 is 118 Å². The number of aldehydes is 1. The Morgan fingerprint density at radius 1 is 0.443 bits per heavy atom. The molecule has 0 aromatic heterocycles. The first-order valence-electron chi connectivity index (χ1n) is 50.4. The molecule has 0 bridgehead atoms. The van der Waals surface area contributed by atoms with E-state index in [1.165, 1.54) is 71.6 Å². The monoisotopic (exact) mass is 2290 g/mol. The van der Waals surface area contributed by atoms with Gasteiger partial charge < -0.3 is 95.2 Å². The number of hydrogen-bond acceptors (Lipinski definition) is 20. The minimum atomic E-state index is -3.13. The minimum absolute atomic E-state index is 0. The van der Waals surface area contributed by atoms with Gasteiger partial charge in [-0.15, -0.1) is 12.4 Å². The fourth-order valence-corrected chi connectivity index (χ4v) is 19.3. The van der Waals surface area contributed by atoms with Crippen LogP contribution in [0.2, 0.25) is 0 Å². The van der Waals surface area contributed by atoms with Crippen LogP contribution >= 0.6 is 45.9 Å². The minimum Gasteiger partial charge on any atom is -1.00 e. The van der Waals surface area contributed by atoms with Gasteiger partial charge in [-0.3, -0.25) is 9.46 Å². The van der Waals surface area contributed by atoms with Crippen LogP contribution in [-0.2, 0) is 76.7 Å². The zero-order chi connectivity index (χ0) is 109. The zero-order valence-corrected chi connectivity index (χ0v) is 98.5. The summed E-state index contributed by atoms with van der Waals surface area (Å²) in [6.07, 6.45) is 16.5. The summed E-state index contributed by atoms with van der Waals surface area (Å²) in [6, 6.07) is 37.9. The van der Waals surface area contributed by atoms with Crippen LogP contribution in [-0.4, -0.2) is 254 Å². The van der Waals surface area contributed by atoms with Gasteiger partial charge in [0.25, 0.3) is 0 Å². The van der Waals surface area contributed by atoms with Crippen LogP contribution in [0, 0.1) is 40.8 Å². The maximum atomic E-state index is 13.5. The molecule has 0 spiro atoms. The predicted octanol–water partition coefficient (Wildman–Crippen LogP) is 24.4. The first-order chi connectivity index (χ1) is 68.4. The van der Waals surface area contributed by atoms with Crippen molar-refractivity contribution in [1.29, 1.82) is 0 Å². The molecule has 8 saturated heterocycles. The van der Waals surface area contributed by atoms with Crippen molar-refractivity contribution in [2.24, 2.45) is 5.92 Å². The fraction of sp³-hybridized carbons (Fsp3) is 0.595. The van der Waals surface area contributed by atoms with Gasteiger partial charge in [-0.25, -0.2) is 55.1 Å². The number of ether oxygens (including phenoxy) is 8. The number of carbonyl (C=O) groups is 7. The van der Waals surface area contributed by atoms with E-state index in [2.05, 4.69) is 42.2 Å². The number of epoxide rings is 2. The molecule has 0 radical (unpaired) electrons. The van der Waals surface area contributed by atoms with E-state index in [1.54, 1.807) is 99.8 Å². The topological polar surface area (TPSA) is 275 Å². The van der Waals surface area contributed by atoms with Gasteiger partial charge in [0.15, 0.2) is 0 Å². The van der Waals surface area contributed by atoms with E-state index in [9.17, 15) is 69.6 Å². The number of aliphatic hydroxyl groups is 1. The molecule has 25 nitrogen and oxygen atoms in total. The van der Waals surface area contributed by atoms with Crippen LogP contribution in [0.4, 0.5) is 55.1 Å². The maximum absolute atomic E-state index is 13.5. The molecule has 6 aromatic carbocycles. The van der Waals surface area contributed by atoms with Crippen molar-refractivity contribution in [2.75, 3.05) is 65.0 Å². The average Bonchev–Trinajstić information content (AvgIpc) is 1.61. The maximum Gasteiger partial charge on any atom is 2.00 e. The van der Waals surface area contributed by atoms with E-state index in [1.807, 2.05) is 185 Å². The number of hydrogen-bond donors (Lipinski definition) is 1. The molecule has 38 heteroatoms. The number of likely N-dealkylation sites (tertiary alicyclic amines) is 6. The molecule has 8 aliphatic heterocycles. The molecule has 836 valence electrons. The molecular formula is C111H161BrCl2CuF6MgN6O19PS. The molecule has 1 N–H and O–H groups in total. The Balaban J connectivity index is 0.000000587. The third kappa shape index (κ3) is 47.5. The Morgan fingerprint density at radius 2 is 0.745 bits per heavy atom. The molecular weight excluding hydrogens is 2140 g/mol. The second kappa shape index (κ2) is 63.6. The van der Waals surface area contributed by atoms with E-state index in [0.29, 0.717) is 51.5 Å². The van der Waals surface area contributed by atoms with Crippen molar-refractivity contribution in [2.45, 2.75) is 355 Å². The number of rotatable bonds is 19. The standard InChI is InChI=1S/C19H28FNO2.C18H26FNO3.2C17H22FNO3.C17H22FNO2.C11H16FO3P.C10H17NO3.C2H6S.BrH.2ClH.Cu.Mg.H/c1-13(15-8-6-9-16(20)12-15)14(2)17-10-7-11-21(17)18(22)23-19(3,4)5;1-12(13-7-5-8-14(19)11-13)16(21)15-9-6-10-20(15)17(22)23-18(2,3)4;2*1-17(2,3)22-16(20)19-9-5-8-13(19)15-14(21-15)11-6-4-7-12(18)10-11;1-17(2,3)21-16(20)19-11-5-8-15(19)10-9-13-6-4-7-14(18)12-13;1-3-14-16(13,15-4-2)9-10-6-5-7-11(12)8-10;1-10(2,3)14-9(13)11-6-4-5-8(11)7-12;1-3-2;;;;;;/h6,8-9,12-14,17H,7,10-11H2,1-5H3;5,7-8,11-12,15-16,21H,6,9-10H2,1-4H3;2*4,6-7,10,13-15H,5,8-9H2,1-3H3;4,6-7,9-10,12,15H,5,8,11H2,1-3H3;5-8H,3-4,9H2,1-2H3;7-8H,4-6H2,1-3H3;1-2H3;3*1H;;;/q;;;;;;;;;;;+1;+2;-1/p-2/b;;;;10-9+;;;;;;;;;/t13-,14+,17+;12-,15-,16-;13-,14+,15+;13-,14-,15-;15-;;8-;;;;;;;/m01111.1......./s1. The Labute approximate surface area is 930 Å². The van der Waals surface area contributed by atoms with Crippen LogP contribution in [0.5, 0.6) is 0 Å². The van der Waals surface area contributed by atoms with Gasteiger partial charge in [0, 0.05) is 51.2 Å². The van der Waals surface area contributed by atoms with Gasteiger partial charge in [0.05, 0.1) is 55.7 Å². The Hall–Kier alpha value is -7.34. The van der Waals surface area contributed by atoms with Crippen LogP contribution in [0.3, 0.4) is 0 Å². The predicted molar refractivity (Wildman–Crippen MR) is 574 cm³/mol. The molecule has 14 atom stereocenters. The van der Waals surface area contributed by atoms with E-state index < -0.39 is 53.4 Å². The number of halogens is 9. The van der Waals surface area contributed by atoms with Crippen molar-refractivity contribution < 1.29 is 145 Å². The third-order valence-electron chi connectivity index (χ3n) is 24.2. The van der Waals surface area contributed by atoms with Crippen molar-refractivity contribution in [3.8, 4) is 0 Å². The largest absolute Gasteiger partial charge is 2.00 e. The Morgan fingerprint density at radius 3 is 1.11 bits per heavy atom. The number of nitrogens with zero attached hydrogens (tertiary/aromatic N) is 6. The van der Waals surface area contributed by atoms with Crippen molar-refractivity contribution in [3.05, 3.63) is 220 Å². The van der Waals surface area contributed by atoms with Gasteiger partial charge in [-0.05, 0) is 346 Å². The first-order valence-corrected chi connectivity index (χ1v) is 56.1. The molecule has 14 rings (SSSR count). The van der Waals surface area contributed by atoms with Gasteiger partial charge in [-0.2, -0.15) is 11.8 Å².